The Bertz CT molecular complexity index is 263. The maximum Gasteiger partial charge on any atom is 0.306 e. The third-order valence-corrected chi connectivity index (χ3v) is 3.21. The summed E-state index contributed by atoms with van der Waals surface area (Å²) in [4.78, 5) is 22.5. The second kappa shape index (κ2) is 5.84. The highest BCUT2D eigenvalue weighted by Gasteiger charge is 2.34. The van der Waals surface area contributed by atoms with Crippen molar-refractivity contribution in [3.63, 3.8) is 0 Å². The van der Waals surface area contributed by atoms with Gasteiger partial charge in [-0.05, 0) is 25.7 Å². The first-order valence-corrected chi connectivity index (χ1v) is 5.72. The molecule has 0 aliphatic heterocycles. The highest BCUT2D eigenvalue weighted by Crippen LogP contribution is 2.31. The van der Waals surface area contributed by atoms with Crippen molar-refractivity contribution < 1.29 is 19.8 Å². The Morgan fingerprint density at radius 1 is 1.38 bits per heavy atom. The number of carboxylic acids is 1. The topological polar surface area (TPSA) is 86.6 Å². The van der Waals surface area contributed by atoms with Crippen LogP contribution in [0.1, 0.15) is 32.6 Å². The van der Waals surface area contributed by atoms with Gasteiger partial charge in [-0.2, -0.15) is 0 Å². The molecule has 0 aromatic rings. The molecule has 0 aromatic carbocycles. The maximum atomic E-state index is 11.7. The van der Waals surface area contributed by atoms with Crippen molar-refractivity contribution in [2.45, 2.75) is 38.6 Å². The molecule has 92 valence electrons. The third kappa shape index (κ3) is 3.20. The molecule has 3 N–H and O–H groups in total. The van der Waals surface area contributed by atoms with Gasteiger partial charge in [-0.1, -0.05) is 6.92 Å². The summed E-state index contributed by atoms with van der Waals surface area (Å²) in [6, 6.07) is -0.212. The van der Waals surface area contributed by atoms with E-state index < -0.39 is 5.97 Å². The molecule has 0 saturated heterocycles. The van der Waals surface area contributed by atoms with E-state index in [1.54, 1.807) is 0 Å². The smallest absolute Gasteiger partial charge is 0.306 e. The fourth-order valence-corrected chi connectivity index (χ4v) is 2.04. The Kier molecular flexibility index (Phi) is 4.73. The molecule has 0 bridgehead atoms. The molecular formula is C11H19NO4. The second-order valence-corrected chi connectivity index (χ2v) is 4.34. The number of carboxylic acid groups (broad SMARTS) is 1. The number of carbonyl (C=O) groups excluding carboxylic acids is 1. The lowest BCUT2D eigenvalue weighted by atomic mass is 10.0. The minimum atomic E-state index is -0.815. The Morgan fingerprint density at radius 3 is 2.44 bits per heavy atom. The molecule has 16 heavy (non-hydrogen) atoms. The number of aliphatic hydroxyl groups excluding tert-OH is 1. The Hall–Kier alpha value is -1.10. The average Bonchev–Trinajstić information content (AvgIpc) is 2.74. The molecule has 0 radical (unpaired) electrons. The van der Waals surface area contributed by atoms with Crippen LogP contribution in [-0.4, -0.2) is 34.7 Å². The van der Waals surface area contributed by atoms with Crippen LogP contribution in [0.2, 0.25) is 0 Å². The zero-order valence-electron chi connectivity index (χ0n) is 9.48. The van der Waals surface area contributed by atoms with E-state index in [0.29, 0.717) is 25.7 Å². The highest BCUT2D eigenvalue weighted by molar-refractivity contribution is 5.81. The van der Waals surface area contributed by atoms with Gasteiger partial charge in [0.15, 0.2) is 0 Å². The van der Waals surface area contributed by atoms with Crippen LogP contribution in [0.4, 0.5) is 0 Å². The van der Waals surface area contributed by atoms with Gasteiger partial charge in [0, 0.05) is 5.92 Å². The third-order valence-electron chi connectivity index (χ3n) is 3.21. The zero-order chi connectivity index (χ0) is 12.1. The Balaban J connectivity index is 2.41. The minimum Gasteiger partial charge on any atom is -0.481 e. The number of rotatable bonds is 5. The molecule has 0 heterocycles. The fraction of sp³-hybridized carbons (Fsp3) is 0.818. The maximum absolute atomic E-state index is 11.7. The van der Waals surface area contributed by atoms with E-state index in [1.807, 2.05) is 6.92 Å². The van der Waals surface area contributed by atoms with E-state index in [1.165, 1.54) is 0 Å². The van der Waals surface area contributed by atoms with Gasteiger partial charge in [-0.15, -0.1) is 0 Å². The zero-order valence-corrected chi connectivity index (χ0v) is 9.48. The summed E-state index contributed by atoms with van der Waals surface area (Å²) >= 11 is 0. The van der Waals surface area contributed by atoms with E-state index >= 15 is 0 Å². The van der Waals surface area contributed by atoms with Crippen molar-refractivity contribution in [1.29, 1.82) is 0 Å². The summed E-state index contributed by atoms with van der Waals surface area (Å²) in [6.45, 7) is 1.81. The summed E-state index contributed by atoms with van der Waals surface area (Å²) in [5.74, 6) is -1.53. The molecule has 1 aliphatic rings. The Labute approximate surface area is 94.8 Å². The van der Waals surface area contributed by atoms with Crippen LogP contribution in [0, 0.1) is 11.8 Å². The SMILES string of the molecule is CCC(CO)NC(=O)[C@@H]1CC[C@H](C(=O)O)C1. The van der Waals surface area contributed by atoms with Crippen molar-refractivity contribution >= 4 is 11.9 Å². The molecule has 0 spiro atoms. The molecule has 1 rings (SSSR count). The average molecular weight is 229 g/mol. The number of hydrogen-bond acceptors (Lipinski definition) is 3. The lowest BCUT2D eigenvalue weighted by molar-refractivity contribution is -0.141. The monoisotopic (exact) mass is 229 g/mol. The molecule has 1 aliphatic carbocycles. The lowest BCUT2D eigenvalue weighted by Gasteiger charge is -2.17. The summed E-state index contributed by atoms with van der Waals surface area (Å²) in [6.07, 6.45) is 2.30. The summed E-state index contributed by atoms with van der Waals surface area (Å²) in [5, 5.41) is 20.5. The number of hydrogen-bond donors (Lipinski definition) is 3. The molecule has 1 fully saturated rings. The summed E-state index contributed by atoms with van der Waals surface area (Å²) in [7, 11) is 0. The van der Waals surface area contributed by atoms with Gasteiger partial charge < -0.3 is 15.5 Å². The van der Waals surface area contributed by atoms with Crippen LogP contribution in [0.25, 0.3) is 0 Å². The van der Waals surface area contributed by atoms with E-state index in [-0.39, 0.29) is 30.4 Å². The first-order valence-electron chi connectivity index (χ1n) is 5.72. The number of carbonyl (C=O) groups is 2. The normalized spacial score (nSPS) is 26.4. The van der Waals surface area contributed by atoms with Crippen molar-refractivity contribution in [2.75, 3.05) is 6.61 Å². The first-order chi connectivity index (χ1) is 7.58. The molecule has 5 nitrogen and oxygen atoms in total. The van der Waals surface area contributed by atoms with Gasteiger partial charge in [0.1, 0.15) is 0 Å². The molecule has 0 aromatic heterocycles. The van der Waals surface area contributed by atoms with E-state index in [9.17, 15) is 9.59 Å². The van der Waals surface area contributed by atoms with Crippen LogP contribution < -0.4 is 5.32 Å². The largest absolute Gasteiger partial charge is 0.481 e. The van der Waals surface area contributed by atoms with Gasteiger partial charge in [0.2, 0.25) is 5.91 Å². The van der Waals surface area contributed by atoms with Crippen molar-refractivity contribution in [3.8, 4) is 0 Å². The summed E-state index contributed by atoms with van der Waals surface area (Å²) in [5.41, 5.74) is 0. The second-order valence-electron chi connectivity index (χ2n) is 4.34. The van der Waals surface area contributed by atoms with Gasteiger partial charge in [-0.25, -0.2) is 0 Å². The standard InChI is InChI=1S/C11H19NO4/c1-2-9(6-13)12-10(14)7-3-4-8(5-7)11(15)16/h7-9,13H,2-6H2,1H3,(H,12,14)(H,15,16)/t7-,8+,9?/m1/s1. The van der Waals surface area contributed by atoms with Crippen molar-refractivity contribution in [1.82, 2.24) is 5.32 Å². The Morgan fingerprint density at radius 2 is 2.00 bits per heavy atom. The van der Waals surface area contributed by atoms with Crippen molar-refractivity contribution in [2.24, 2.45) is 11.8 Å². The number of aliphatic hydroxyl groups is 1. The molecule has 1 amide bonds. The van der Waals surface area contributed by atoms with Gasteiger partial charge in [0.25, 0.3) is 0 Å². The number of nitrogens with one attached hydrogen (secondary N) is 1. The predicted octanol–water partition coefficient (Wildman–Crippen LogP) is 0.374. The van der Waals surface area contributed by atoms with Crippen LogP contribution in [-0.2, 0) is 9.59 Å². The molecule has 5 heteroatoms. The van der Waals surface area contributed by atoms with E-state index in [2.05, 4.69) is 5.32 Å². The van der Waals surface area contributed by atoms with Crippen molar-refractivity contribution in [3.05, 3.63) is 0 Å². The predicted molar refractivity (Wildman–Crippen MR) is 57.8 cm³/mol. The molecule has 1 unspecified atom stereocenters. The van der Waals surface area contributed by atoms with E-state index in [0.717, 1.165) is 0 Å². The lowest BCUT2D eigenvalue weighted by Crippen LogP contribution is -2.40. The molecular weight excluding hydrogens is 210 g/mol. The van der Waals surface area contributed by atoms with Gasteiger partial charge in [-0.3, -0.25) is 9.59 Å². The van der Waals surface area contributed by atoms with Gasteiger partial charge >= 0.3 is 5.97 Å². The quantitative estimate of drug-likeness (QED) is 0.636. The first kappa shape index (κ1) is 13.0. The van der Waals surface area contributed by atoms with Gasteiger partial charge in [0.05, 0.1) is 18.6 Å². The van der Waals surface area contributed by atoms with Crippen LogP contribution in [0.15, 0.2) is 0 Å². The minimum absolute atomic E-state index is 0.0721. The fourth-order valence-electron chi connectivity index (χ4n) is 2.04. The highest BCUT2D eigenvalue weighted by atomic mass is 16.4. The van der Waals surface area contributed by atoms with Crippen LogP contribution in [0.5, 0.6) is 0 Å². The van der Waals surface area contributed by atoms with Crippen LogP contribution >= 0.6 is 0 Å². The number of amides is 1. The van der Waals surface area contributed by atoms with Crippen LogP contribution in [0.3, 0.4) is 0 Å². The molecule has 3 atom stereocenters. The summed E-state index contributed by atoms with van der Waals surface area (Å²) < 4.78 is 0. The molecule has 1 saturated carbocycles. The number of aliphatic carboxylic acids is 1. The van der Waals surface area contributed by atoms with E-state index in [4.69, 9.17) is 10.2 Å².